The third kappa shape index (κ3) is 4.24. The van der Waals surface area contributed by atoms with Gasteiger partial charge in [0.1, 0.15) is 11.8 Å². The van der Waals surface area contributed by atoms with Gasteiger partial charge in [0.2, 0.25) is 0 Å². The zero-order chi connectivity index (χ0) is 14.5. The summed E-state index contributed by atoms with van der Waals surface area (Å²) in [7, 11) is 1.52. The van der Waals surface area contributed by atoms with Crippen molar-refractivity contribution in [1.82, 2.24) is 0 Å². The largest absolute Gasteiger partial charge is 1.00 e. The Labute approximate surface area is 146 Å². The fourth-order valence-corrected chi connectivity index (χ4v) is 2.28. The van der Waals surface area contributed by atoms with Crippen LogP contribution < -0.4 is 44.3 Å². The third-order valence-electron chi connectivity index (χ3n) is 3.33. The monoisotopic (exact) mass is 294 g/mol. The van der Waals surface area contributed by atoms with Crippen molar-refractivity contribution in [3.05, 3.63) is 29.3 Å². The van der Waals surface area contributed by atoms with Gasteiger partial charge in [-0.25, -0.2) is 0 Å². The van der Waals surface area contributed by atoms with Gasteiger partial charge in [-0.1, -0.05) is 0 Å². The molecule has 0 unspecified atom stereocenters. The van der Waals surface area contributed by atoms with Crippen molar-refractivity contribution in [3.63, 3.8) is 0 Å². The summed E-state index contributed by atoms with van der Waals surface area (Å²) < 4.78 is 5.28. The fraction of sp³-hybridized carbons (Fsp3) is 0.333. The smallest absolute Gasteiger partial charge is 0.544 e. The number of carboxylic acids is 1. The predicted octanol–water partition coefficient (Wildman–Crippen LogP) is -2.04. The van der Waals surface area contributed by atoms with Crippen LogP contribution in [0.1, 0.15) is 18.4 Å². The Morgan fingerprint density at radius 1 is 1.43 bits per heavy atom. The zero-order valence-corrected chi connectivity index (χ0v) is 14.3. The van der Waals surface area contributed by atoms with Gasteiger partial charge in [0.25, 0.3) is 0 Å². The molecule has 0 aliphatic carbocycles. The number of carbonyl (C=O) groups is 1. The van der Waals surface area contributed by atoms with Crippen LogP contribution in [0.5, 0.6) is 5.75 Å². The molecule has 2 rings (SSSR count). The van der Waals surface area contributed by atoms with E-state index in [-0.39, 0.29) is 29.6 Å². The third-order valence-corrected chi connectivity index (χ3v) is 3.33. The van der Waals surface area contributed by atoms with Crippen LogP contribution in [0.2, 0.25) is 0 Å². The minimum absolute atomic E-state index is 0. The Bertz CT molecular complexity index is 587. The summed E-state index contributed by atoms with van der Waals surface area (Å²) in [5.41, 5.74) is 1.18. The number of nitrogens with zero attached hydrogens (tertiary/aromatic N) is 2. The van der Waals surface area contributed by atoms with Crippen LogP contribution in [0.4, 0.5) is 5.69 Å². The molecule has 1 aliphatic heterocycles. The first kappa shape index (κ1) is 17.6. The van der Waals surface area contributed by atoms with Crippen molar-refractivity contribution in [1.29, 1.82) is 5.26 Å². The van der Waals surface area contributed by atoms with Gasteiger partial charge in [-0.2, -0.15) is 5.26 Å². The maximum Gasteiger partial charge on any atom is 1.00 e. The van der Waals surface area contributed by atoms with E-state index in [1.165, 1.54) is 26.0 Å². The van der Waals surface area contributed by atoms with Crippen LogP contribution in [0.15, 0.2) is 23.8 Å². The molecule has 0 saturated carbocycles. The molecule has 1 aromatic carbocycles. The first-order valence-electron chi connectivity index (χ1n) is 6.42. The van der Waals surface area contributed by atoms with Gasteiger partial charge < -0.3 is 19.5 Å². The van der Waals surface area contributed by atoms with Gasteiger partial charge in [0.15, 0.2) is 0 Å². The van der Waals surface area contributed by atoms with Gasteiger partial charge >= 0.3 is 29.6 Å². The molecule has 1 aliphatic rings. The minimum atomic E-state index is -1.49. The van der Waals surface area contributed by atoms with Crippen molar-refractivity contribution in [2.45, 2.75) is 12.8 Å². The van der Waals surface area contributed by atoms with Crippen LogP contribution in [0.3, 0.4) is 0 Å². The summed E-state index contributed by atoms with van der Waals surface area (Å²) in [5.74, 6) is -0.943. The molecule has 0 amide bonds. The maximum atomic E-state index is 10.8. The van der Waals surface area contributed by atoms with E-state index in [0.717, 1.165) is 18.8 Å². The number of carboxylic acid groups (broad SMARTS) is 1. The molecule has 0 spiro atoms. The number of nitriles is 1. The molecule has 104 valence electrons. The van der Waals surface area contributed by atoms with E-state index in [4.69, 9.17) is 10.00 Å². The number of anilines is 1. The normalized spacial score (nSPS) is 14.3. The van der Waals surface area contributed by atoms with Gasteiger partial charge in [-0.05, 0) is 31.1 Å². The van der Waals surface area contributed by atoms with E-state index in [1.54, 1.807) is 12.1 Å². The van der Waals surface area contributed by atoms with Crippen LogP contribution in [0.25, 0.3) is 6.08 Å². The van der Waals surface area contributed by atoms with Gasteiger partial charge in [-0.3, -0.25) is 0 Å². The number of aliphatic carboxylic acids is 1. The quantitative estimate of drug-likeness (QED) is 0.363. The molecule has 1 saturated heterocycles. The fourth-order valence-electron chi connectivity index (χ4n) is 2.28. The predicted molar refractivity (Wildman–Crippen MR) is 73.0 cm³/mol. The van der Waals surface area contributed by atoms with Crippen LogP contribution in [-0.2, 0) is 4.79 Å². The molecule has 6 heteroatoms. The minimum Gasteiger partial charge on any atom is -0.544 e. The maximum absolute atomic E-state index is 10.8. The summed E-state index contributed by atoms with van der Waals surface area (Å²) in [4.78, 5) is 13.0. The van der Waals surface area contributed by atoms with E-state index in [2.05, 4.69) is 4.90 Å². The van der Waals surface area contributed by atoms with E-state index >= 15 is 0 Å². The number of benzene rings is 1. The number of carbonyl (C=O) groups excluding carboxylic acids is 1. The molecule has 21 heavy (non-hydrogen) atoms. The number of ether oxygens (including phenoxy) is 1. The first-order chi connectivity index (χ1) is 9.65. The van der Waals surface area contributed by atoms with E-state index in [9.17, 15) is 9.90 Å². The topological polar surface area (TPSA) is 76.4 Å². The molecule has 0 radical (unpaired) electrons. The zero-order valence-electron chi connectivity index (χ0n) is 12.3. The molecular weight excluding hydrogens is 279 g/mol. The first-order valence-corrected chi connectivity index (χ1v) is 6.42. The van der Waals surface area contributed by atoms with E-state index < -0.39 is 11.5 Å². The summed E-state index contributed by atoms with van der Waals surface area (Å²) in [5, 5.41) is 19.5. The SMILES string of the molecule is COc1cc(N2CCCC2)ccc1/C=C(\C#N)C(=O)[O-].[Na+]. The van der Waals surface area contributed by atoms with Crippen LogP contribution in [0, 0.1) is 11.3 Å². The second-order valence-corrected chi connectivity index (χ2v) is 4.58. The Morgan fingerprint density at radius 3 is 2.62 bits per heavy atom. The summed E-state index contributed by atoms with van der Waals surface area (Å²) in [6.07, 6.45) is 3.61. The van der Waals surface area contributed by atoms with Crippen LogP contribution in [-0.4, -0.2) is 26.2 Å². The number of hydrogen-bond donors (Lipinski definition) is 0. The van der Waals surface area contributed by atoms with Crippen LogP contribution >= 0.6 is 0 Å². The van der Waals surface area contributed by atoms with Gasteiger partial charge in [0, 0.05) is 30.4 Å². The van der Waals surface area contributed by atoms with Gasteiger partial charge in [-0.15, -0.1) is 0 Å². The average Bonchev–Trinajstić information content (AvgIpc) is 2.98. The number of methoxy groups -OCH3 is 1. The molecule has 0 aromatic heterocycles. The summed E-state index contributed by atoms with van der Waals surface area (Å²) >= 11 is 0. The molecule has 1 aromatic rings. The van der Waals surface area contributed by atoms with Crippen molar-refractivity contribution in [3.8, 4) is 11.8 Å². The standard InChI is InChI=1S/C15H16N2O3.Na/c1-20-14-9-13(17-6-2-3-7-17)5-4-11(14)8-12(10-16)15(18)19;/h4-5,8-9H,2-3,6-7H2,1H3,(H,18,19);/q;+1/p-1/b12-8+;. The summed E-state index contributed by atoms with van der Waals surface area (Å²) in [6, 6.07) is 7.13. The molecule has 0 bridgehead atoms. The molecule has 0 N–H and O–H groups in total. The Morgan fingerprint density at radius 2 is 2.10 bits per heavy atom. The Hall–Kier alpha value is -1.48. The summed E-state index contributed by atoms with van der Waals surface area (Å²) in [6.45, 7) is 2.03. The van der Waals surface area contributed by atoms with Crippen molar-refractivity contribution < 1.29 is 44.2 Å². The number of rotatable bonds is 4. The van der Waals surface area contributed by atoms with E-state index in [0.29, 0.717) is 11.3 Å². The molecule has 1 fully saturated rings. The molecule has 0 atom stereocenters. The number of hydrogen-bond acceptors (Lipinski definition) is 5. The second kappa shape index (κ2) is 8.08. The van der Waals surface area contributed by atoms with Crippen molar-refractivity contribution in [2.24, 2.45) is 0 Å². The molecule has 5 nitrogen and oxygen atoms in total. The van der Waals surface area contributed by atoms with Crippen molar-refractivity contribution >= 4 is 17.7 Å². The second-order valence-electron chi connectivity index (χ2n) is 4.58. The van der Waals surface area contributed by atoms with E-state index in [1.807, 2.05) is 12.1 Å². The van der Waals surface area contributed by atoms with Crippen molar-refractivity contribution in [2.75, 3.05) is 25.1 Å². The molecular formula is C15H15N2NaO3. The molecule has 1 heterocycles. The van der Waals surface area contributed by atoms with Gasteiger partial charge in [0.05, 0.1) is 18.7 Å². The Kier molecular flexibility index (Phi) is 6.76. The average molecular weight is 294 g/mol. The Balaban J connectivity index is 0.00000220.